The summed E-state index contributed by atoms with van der Waals surface area (Å²) in [6.45, 7) is 0.266. The van der Waals surface area contributed by atoms with Gasteiger partial charge in [-0.2, -0.15) is 0 Å². The Bertz CT molecular complexity index is 279. The highest BCUT2D eigenvalue weighted by Gasteiger charge is 2.57. The number of hydrogen-bond acceptors (Lipinski definition) is 3. The second-order valence-electron chi connectivity index (χ2n) is 2.76. The summed E-state index contributed by atoms with van der Waals surface area (Å²) < 4.78 is 5.82. The van der Waals surface area contributed by atoms with E-state index in [9.17, 15) is 4.79 Å². The standard InChI is InChI=1S/C6H5Cl6NO3/c7-4(8,9)3(14)13-6(5(10,11)12)15-1-2-16-6/h1-2H2,(H,13,14). The van der Waals surface area contributed by atoms with Crippen molar-refractivity contribution in [3.63, 3.8) is 0 Å². The molecule has 0 atom stereocenters. The van der Waals surface area contributed by atoms with Crippen LogP contribution in [0.1, 0.15) is 0 Å². The zero-order chi connectivity index (χ0) is 12.6. The molecule has 16 heavy (non-hydrogen) atoms. The van der Waals surface area contributed by atoms with E-state index in [0.29, 0.717) is 0 Å². The van der Waals surface area contributed by atoms with E-state index in [2.05, 4.69) is 5.32 Å². The number of hydrogen-bond donors (Lipinski definition) is 1. The number of nitrogens with one attached hydrogen (secondary N) is 1. The Kier molecular flexibility index (Phi) is 4.76. The van der Waals surface area contributed by atoms with Crippen molar-refractivity contribution in [1.82, 2.24) is 5.32 Å². The second-order valence-corrected chi connectivity index (χ2v) is 7.33. The Morgan fingerprint density at radius 1 is 1.06 bits per heavy atom. The zero-order valence-corrected chi connectivity index (χ0v) is 11.9. The van der Waals surface area contributed by atoms with Gasteiger partial charge in [0.25, 0.3) is 13.5 Å². The molecule has 1 N–H and O–H groups in total. The van der Waals surface area contributed by atoms with Crippen molar-refractivity contribution in [3.8, 4) is 0 Å². The zero-order valence-electron chi connectivity index (χ0n) is 7.41. The van der Waals surface area contributed by atoms with E-state index in [-0.39, 0.29) is 13.2 Å². The lowest BCUT2D eigenvalue weighted by Gasteiger charge is -2.34. The van der Waals surface area contributed by atoms with E-state index in [1.54, 1.807) is 0 Å². The van der Waals surface area contributed by atoms with E-state index in [1.807, 2.05) is 0 Å². The maximum atomic E-state index is 11.4. The van der Waals surface area contributed by atoms with Crippen LogP contribution < -0.4 is 5.32 Å². The Hall–Kier alpha value is 1.13. The molecule has 1 aliphatic heterocycles. The minimum absolute atomic E-state index is 0.133. The topological polar surface area (TPSA) is 47.6 Å². The molecule has 0 saturated carbocycles. The maximum Gasteiger partial charge on any atom is 0.301 e. The molecule has 0 unspecified atom stereocenters. The van der Waals surface area contributed by atoms with Crippen LogP contribution in [-0.4, -0.2) is 32.6 Å². The van der Waals surface area contributed by atoms with Gasteiger partial charge in [-0.1, -0.05) is 69.6 Å². The summed E-state index contributed by atoms with van der Waals surface area (Å²) in [5.74, 6) is -2.97. The molecule has 0 bridgehead atoms. The third kappa shape index (κ3) is 3.33. The van der Waals surface area contributed by atoms with Crippen molar-refractivity contribution in [2.45, 2.75) is 13.5 Å². The van der Waals surface area contributed by atoms with Gasteiger partial charge in [-0.3, -0.25) is 10.1 Å². The molecule has 0 radical (unpaired) electrons. The molecule has 0 aliphatic carbocycles. The summed E-state index contributed by atoms with van der Waals surface area (Å²) in [5, 5.41) is 2.10. The predicted octanol–water partition coefficient (Wildman–Crippen LogP) is 2.54. The first-order valence-corrected chi connectivity index (χ1v) is 6.09. The number of ether oxygens (including phenoxy) is 2. The quantitative estimate of drug-likeness (QED) is 0.738. The van der Waals surface area contributed by atoms with Crippen LogP contribution in [-0.2, 0) is 14.3 Å². The van der Waals surface area contributed by atoms with Crippen molar-refractivity contribution < 1.29 is 14.3 Å². The van der Waals surface area contributed by atoms with Gasteiger partial charge in [-0.05, 0) is 0 Å². The Morgan fingerprint density at radius 2 is 1.50 bits per heavy atom. The summed E-state index contributed by atoms with van der Waals surface area (Å²) in [6.07, 6.45) is 0. The van der Waals surface area contributed by atoms with Crippen LogP contribution in [0.3, 0.4) is 0 Å². The van der Waals surface area contributed by atoms with Crippen molar-refractivity contribution in [3.05, 3.63) is 0 Å². The fourth-order valence-electron chi connectivity index (χ4n) is 0.939. The fraction of sp³-hybridized carbons (Fsp3) is 0.833. The lowest BCUT2D eigenvalue weighted by Crippen LogP contribution is -2.60. The number of amides is 1. The maximum absolute atomic E-state index is 11.4. The van der Waals surface area contributed by atoms with Gasteiger partial charge in [-0.25, -0.2) is 0 Å². The van der Waals surface area contributed by atoms with Crippen LogP contribution in [0, 0.1) is 0 Å². The molecule has 4 nitrogen and oxygen atoms in total. The molecule has 0 aromatic heterocycles. The highest BCUT2D eigenvalue weighted by molar-refractivity contribution is 6.76. The SMILES string of the molecule is O=C(NC1(C(Cl)(Cl)Cl)OCCO1)C(Cl)(Cl)Cl. The summed E-state index contributed by atoms with van der Waals surface area (Å²) in [7, 11) is 0. The third-order valence-electron chi connectivity index (χ3n) is 1.60. The number of halogens is 6. The molecule has 10 heteroatoms. The number of carbonyl (C=O) groups excluding carboxylic acids is 1. The van der Waals surface area contributed by atoms with Crippen molar-refractivity contribution in [2.24, 2.45) is 0 Å². The average molecular weight is 352 g/mol. The molecule has 1 fully saturated rings. The Morgan fingerprint density at radius 3 is 1.81 bits per heavy atom. The van der Waals surface area contributed by atoms with Gasteiger partial charge in [-0.15, -0.1) is 0 Å². The van der Waals surface area contributed by atoms with E-state index in [1.165, 1.54) is 0 Å². The highest BCUT2D eigenvalue weighted by atomic mass is 35.6. The van der Waals surface area contributed by atoms with Gasteiger partial charge in [0.15, 0.2) is 0 Å². The van der Waals surface area contributed by atoms with E-state index >= 15 is 0 Å². The monoisotopic (exact) mass is 349 g/mol. The van der Waals surface area contributed by atoms with Gasteiger partial charge in [0.1, 0.15) is 0 Å². The lowest BCUT2D eigenvalue weighted by molar-refractivity contribution is -0.183. The van der Waals surface area contributed by atoms with E-state index in [0.717, 1.165) is 0 Å². The summed E-state index contributed by atoms with van der Waals surface area (Å²) in [5.41, 5.74) is 0. The van der Waals surface area contributed by atoms with Crippen molar-refractivity contribution in [2.75, 3.05) is 13.2 Å². The lowest BCUT2D eigenvalue weighted by atomic mass is 10.5. The Balaban J connectivity index is 2.86. The van der Waals surface area contributed by atoms with Crippen molar-refractivity contribution >= 4 is 75.5 Å². The molecule has 1 heterocycles. The molecule has 94 valence electrons. The molecular weight excluding hydrogens is 347 g/mol. The summed E-state index contributed by atoms with van der Waals surface area (Å²) >= 11 is 32.9. The normalized spacial score (nSPS) is 20.9. The minimum Gasteiger partial charge on any atom is -0.327 e. The van der Waals surface area contributed by atoms with Crippen LogP contribution in [0.25, 0.3) is 0 Å². The number of rotatable bonds is 1. The number of alkyl halides is 6. The molecule has 1 rings (SSSR count). The first-order valence-electron chi connectivity index (χ1n) is 3.82. The van der Waals surface area contributed by atoms with Gasteiger partial charge in [0.05, 0.1) is 13.2 Å². The first kappa shape index (κ1) is 15.2. The molecule has 1 saturated heterocycles. The first-order chi connectivity index (χ1) is 7.08. The second kappa shape index (κ2) is 5.02. The van der Waals surface area contributed by atoms with Gasteiger partial charge < -0.3 is 9.47 Å². The highest BCUT2D eigenvalue weighted by Crippen LogP contribution is 2.42. The van der Waals surface area contributed by atoms with Gasteiger partial charge >= 0.3 is 5.91 Å². The van der Waals surface area contributed by atoms with Crippen LogP contribution in [0.5, 0.6) is 0 Å². The largest absolute Gasteiger partial charge is 0.327 e. The molecule has 0 spiro atoms. The molecule has 1 aliphatic rings. The smallest absolute Gasteiger partial charge is 0.301 e. The van der Waals surface area contributed by atoms with Crippen LogP contribution in [0.2, 0.25) is 0 Å². The molecule has 1 amide bonds. The van der Waals surface area contributed by atoms with Gasteiger partial charge in [0, 0.05) is 0 Å². The summed E-state index contributed by atoms with van der Waals surface area (Å²) in [4.78, 5) is 11.4. The van der Waals surface area contributed by atoms with Gasteiger partial charge in [0.2, 0.25) is 0 Å². The minimum atomic E-state index is -2.21. The molecule has 0 aromatic carbocycles. The van der Waals surface area contributed by atoms with Crippen LogP contribution in [0.4, 0.5) is 0 Å². The predicted molar refractivity (Wildman–Crippen MR) is 63.4 cm³/mol. The van der Waals surface area contributed by atoms with Crippen LogP contribution in [0.15, 0.2) is 0 Å². The molecule has 0 aromatic rings. The third-order valence-corrected chi connectivity index (χ3v) is 2.86. The fourth-order valence-corrected chi connectivity index (χ4v) is 1.55. The van der Waals surface area contributed by atoms with Crippen LogP contribution >= 0.6 is 69.6 Å². The van der Waals surface area contributed by atoms with E-state index < -0.39 is 19.4 Å². The average Bonchev–Trinajstić information content (AvgIpc) is 2.50. The van der Waals surface area contributed by atoms with Crippen molar-refractivity contribution in [1.29, 1.82) is 0 Å². The van der Waals surface area contributed by atoms with E-state index in [4.69, 9.17) is 79.1 Å². The summed E-state index contributed by atoms with van der Waals surface area (Å²) in [6, 6.07) is 0. The molecular formula is C6H5Cl6NO3. The number of carbonyl (C=O) groups is 1. The Labute approximate surface area is 121 Å².